The molecule has 11 heavy (non-hydrogen) atoms. The van der Waals surface area contributed by atoms with Crippen LogP contribution >= 0.6 is 12.2 Å². The van der Waals surface area contributed by atoms with Crippen LogP contribution in [-0.2, 0) is 0 Å². The van der Waals surface area contributed by atoms with Crippen LogP contribution in [0.25, 0.3) is 5.52 Å². The van der Waals surface area contributed by atoms with Crippen molar-refractivity contribution in [2.24, 2.45) is 0 Å². The molecule has 2 heterocycles. The summed E-state index contributed by atoms with van der Waals surface area (Å²) in [5, 5.41) is 0. The molecule has 2 aromatic heterocycles. The van der Waals surface area contributed by atoms with Crippen molar-refractivity contribution in [3.63, 3.8) is 0 Å². The Kier molecular flexibility index (Phi) is 1.29. The van der Waals surface area contributed by atoms with Gasteiger partial charge in [-0.2, -0.15) is 0 Å². The minimum absolute atomic E-state index is 0.730. The van der Waals surface area contributed by atoms with Gasteiger partial charge in [0.15, 0.2) is 0 Å². The number of fused-ring (bicyclic) bond motifs is 1. The van der Waals surface area contributed by atoms with Gasteiger partial charge in [0.2, 0.25) is 0 Å². The molecule has 0 fully saturated rings. The van der Waals surface area contributed by atoms with Crippen LogP contribution < -0.4 is 0 Å². The molecule has 0 saturated carbocycles. The second-order valence-corrected chi connectivity index (χ2v) is 2.76. The van der Waals surface area contributed by atoms with E-state index in [0.29, 0.717) is 0 Å². The van der Waals surface area contributed by atoms with Crippen molar-refractivity contribution in [3.05, 3.63) is 29.1 Å². The number of nitrogens with one attached hydrogen (secondary N) is 1. The van der Waals surface area contributed by atoms with Gasteiger partial charge < -0.3 is 4.98 Å². The van der Waals surface area contributed by atoms with Crippen LogP contribution in [0.15, 0.2) is 18.6 Å². The molecule has 0 bridgehead atoms. The number of aromatic amines is 1. The molecule has 0 aromatic carbocycles. The lowest BCUT2D eigenvalue weighted by Crippen LogP contribution is -1.88. The summed E-state index contributed by atoms with van der Waals surface area (Å²) in [4.78, 5) is 7.07. The van der Waals surface area contributed by atoms with Crippen LogP contribution in [0.5, 0.6) is 0 Å². The first-order chi connectivity index (χ1) is 5.29. The maximum atomic E-state index is 5.05. The van der Waals surface area contributed by atoms with E-state index in [-0.39, 0.29) is 0 Å². The molecule has 2 rings (SSSR count). The van der Waals surface area contributed by atoms with Crippen molar-refractivity contribution in [1.82, 2.24) is 14.4 Å². The number of hydrogen-bond acceptors (Lipinski definition) is 2. The van der Waals surface area contributed by atoms with Gasteiger partial charge in [-0.25, -0.2) is 4.98 Å². The zero-order valence-electron chi connectivity index (χ0n) is 6.03. The second-order valence-electron chi connectivity index (χ2n) is 2.35. The molecule has 56 valence electrons. The Morgan fingerprint density at radius 1 is 1.64 bits per heavy atom. The van der Waals surface area contributed by atoms with E-state index in [0.717, 1.165) is 16.0 Å². The minimum Gasteiger partial charge on any atom is -0.350 e. The fraction of sp³-hybridized carbons (Fsp3) is 0.143. The average molecular weight is 165 g/mol. The molecule has 1 N–H and O–H groups in total. The maximum Gasteiger partial charge on any atom is 0.129 e. The lowest BCUT2D eigenvalue weighted by molar-refractivity contribution is 1.02. The third-order valence-electron chi connectivity index (χ3n) is 1.65. The summed E-state index contributed by atoms with van der Waals surface area (Å²) in [6.45, 7) is 1.95. The summed E-state index contributed by atoms with van der Waals surface area (Å²) in [5.41, 5.74) is 0.958. The number of nitrogens with zero attached hydrogens (tertiary/aromatic N) is 2. The van der Waals surface area contributed by atoms with Crippen molar-refractivity contribution >= 4 is 17.7 Å². The molecule has 0 atom stereocenters. The number of imidazole rings is 1. The molecule has 0 spiro atoms. The summed E-state index contributed by atoms with van der Waals surface area (Å²) in [5.74, 6) is 0.958. The molecule has 0 radical (unpaired) electrons. The van der Waals surface area contributed by atoms with Gasteiger partial charge in [-0.1, -0.05) is 12.2 Å². The predicted molar refractivity (Wildman–Crippen MR) is 45.1 cm³/mol. The molecule has 4 heteroatoms. The maximum absolute atomic E-state index is 5.05. The molecule has 2 aromatic rings. The molecule has 0 aliphatic rings. The van der Waals surface area contributed by atoms with Gasteiger partial charge in [0.05, 0.1) is 6.20 Å². The molecule has 0 aliphatic carbocycles. The highest BCUT2D eigenvalue weighted by atomic mass is 32.1. The lowest BCUT2D eigenvalue weighted by Gasteiger charge is -1.93. The lowest BCUT2D eigenvalue weighted by atomic mass is 10.6. The summed E-state index contributed by atoms with van der Waals surface area (Å²) in [6, 6.07) is 0. The summed E-state index contributed by atoms with van der Waals surface area (Å²) in [6.07, 6.45) is 5.49. The zero-order valence-corrected chi connectivity index (χ0v) is 6.85. The van der Waals surface area contributed by atoms with Crippen LogP contribution in [0.4, 0.5) is 0 Å². The number of aryl methyl sites for hydroxylation is 1. The van der Waals surface area contributed by atoms with Crippen molar-refractivity contribution in [1.29, 1.82) is 0 Å². The molecular weight excluding hydrogens is 158 g/mol. The number of hydrogen-bond donors (Lipinski definition) is 1. The Morgan fingerprint density at radius 3 is 3.18 bits per heavy atom. The van der Waals surface area contributed by atoms with Crippen molar-refractivity contribution in [2.45, 2.75) is 6.92 Å². The van der Waals surface area contributed by atoms with Gasteiger partial charge >= 0.3 is 0 Å². The number of H-pyrrole nitrogens is 1. The van der Waals surface area contributed by atoms with Crippen molar-refractivity contribution < 1.29 is 0 Å². The SMILES string of the molecule is Cc1ncc2c(=S)[nH]ccn12. The van der Waals surface area contributed by atoms with E-state index in [4.69, 9.17) is 12.2 Å². The minimum atomic E-state index is 0.730. The van der Waals surface area contributed by atoms with E-state index in [1.165, 1.54) is 0 Å². The van der Waals surface area contributed by atoms with Gasteiger partial charge in [0.25, 0.3) is 0 Å². The monoisotopic (exact) mass is 165 g/mol. The van der Waals surface area contributed by atoms with Gasteiger partial charge in [0.1, 0.15) is 16.0 Å². The normalized spacial score (nSPS) is 10.6. The van der Waals surface area contributed by atoms with E-state index in [1.54, 1.807) is 6.20 Å². The second kappa shape index (κ2) is 2.17. The summed E-state index contributed by atoms with van der Waals surface area (Å²) >= 11 is 5.05. The Hall–Kier alpha value is -1.16. The first-order valence-corrected chi connectivity index (χ1v) is 3.71. The van der Waals surface area contributed by atoms with Gasteiger partial charge in [-0.05, 0) is 6.92 Å². The van der Waals surface area contributed by atoms with Crippen LogP contribution in [-0.4, -0.2) is 14.4 Å². The van der Waals surface area contributed by atoms with Crippen LogP contribution in [0, 0.1) is 11.6 Å². The summed E-state index contributed by atoms with van der Waals surface area (Å²) < 4.78 is 2.69. The molecule has 0 aliphatic heterocycles. The van der Waals surface area contributed by atoms with Gasteiger partial charge in [0, 0.05) is 12.4 Å². The first kappa shape index (κ1) is 6.54. The quantitative estimate of drug-likeness (QED) is 0.603. The predicted octanol–water partition coefficient (Wildman–Crippen LogP) is 1.70. The third kappa shape index (κ3) is 0.867. The third-order valence-corrected chi connectivity index (χ3v) is 1.98. The van der Waals surface area contributed by atoms with Crippen molar-refractivity contribution in [3.8, 4) is 0 Å². The Morgan fingerprint density at radius 2 is 2.45 bits per heavy atom. The average Bonchev–Trinajstić information content (AvgIpc) is 2.35. The molecule has 0 unspecified atom stereocenters. The first-order valence-electron chi connectivity index (χ1n) is 3.30. The largest absolute Gasteiger partial charge is 0.350 e. The van der Waals surface area contributed by atoms with E-state index in [1.807, 2.05) is 23.7 Å². The van der Waals surface area contributed by atoms with Gasteiger partial charge in [-0.3, -0.25) is 4.40 Å². The standard InChI is InChI=1S/C7H7N3S/c1-5-9-4-6-7(11)8-2-3-10(5)6/h2-4H,1H3,(H,8,11). The highest BCUT2D eigenvalue weighted by molar-refractivity contribution is 7.71. The Balaban J connectivity index is 3.06. The van der Waals surface area contributed by atoms with E-state index < -0.39 is 0 Å². The molecule has 3 nitrogen and oxygen atoms in total. The zero-order chi connectivity index (χ0) is 7.84. The van der Waals surface area contributed by atoms with Gasteiger partial charge in [-0.15, -0.1) is 0 Å². The number of aromatic nitrogens is 3. The summed E-state index contributed by atoms with van der Waals surface area (Å²) in [7, 11) is 0. The highest BCUT2D eigenvalue weighted by Crippen LogP contribution is 2.04. The van der Waals surface area contributed by atoms with E-state index in [2.05, 4.69) is 9.97 Å². The van der Waals surface area contributed by atoms with Crippen LogP contribution in [0.1, 0.15) is 5.82 Å². The smallest absolute Gasteiger partial charge is 0.129 e. The van der Waals surface area contributed by atoms with E-state index in [9.17, 15) is 0 Å². The van der Waals surface area contributed by atoms with Crippen LogP contribution in [0.2, 0.25) is 0 Å². The fourth-order valence-electron chi connectivity index (χ4n) is 1.07. The van der Waals surface area contributed by atoms with E-state index >= 15 is 0 Å². The highest BCUT2D eigenvalue weighted by Gasteiger charge is 1.96. The molecular formula is C7H7N3S. The molecule has 0 saturated heterocycles. The number of rotatable bonds is 0. The molecule has 0 amide bonds. The Labute approximate surface area is 68.7 Å². The Bertz CT molecular complexity index is 440. The van der Waals surface area contributed by atoms with Crippen LogP contribution in [0.3, 0.4) is 0 Å². The fourth-order valence-corrected chi connectivity index (χ4v) is 1.29. The topological polar surface area (TPSA) is 33.1 Å². The van der Waals surface area contributed by atoms with Crippen molar-refractivity contribution in [2.75, 3.05) is 0 Å².